The van der Waals surface area contributed by atoms with E-state index in [1.165, 1.54) is 31.5 Å². The van der Waals surface area contributed by atoms with E-state index in [1.54, 1.807) is 0 Å². The molecule has 0 spiro atoms. The third-order valence-corrected chi connectivity index (χ3v) is 8.75. The van der Waals surface area contributed by atoms with Gasteiger partial charge in [-0.05, 0) is 43.3 Å². The highest BCUT2D eigenvalue weighted by Crippen LogP contribution is 2.26. The molecule has 0 aliphatic rings. The maximum atomic E-state index is 10.8. The smallest absolute Gasteiger partial charge is 0.202 e. The maximum Gasteiger partial charge on any atom is 0.202 e. The van der Waals surface area contributed by atoms with Crippen molar-refractivity contribution in [2.24, 2.45) is 0 Å². The quantitative estimate of drug-likeness (QED) is 0.247. The van der Waals surface area contributed by atoms with Gasteiger partial charge in [-0.1, -0.05) is 40.0 Å². The molecule has 0 bridgehead atoms. The number of carbonyl (C=O) groups is 1. The number of hydrogen-bond donors (Lipinski definition) is 0. The molecule has 0 aliphatic carbocycles. The minimum absolute atomic E-state index is 0.0410. The molecule has 1 atom stereocenters. The lowest BCUT2D eigenvalue weighted by molar-refractivity contribution is -0.111. The molecule has 0 amide bonds. The number of unbranched alkanes of at least 4 members (excludes halogenated alkanes) is 1. The lowest BCUT2D eigenvalue weighted by atomic mass is 10.1. The number of Topliss-reactive ketones (excluding diaryl/α,β-unsaturated/α-hetero) is 1. The third-order valence-electron chi connectivity index (χ3n) is 4.05. The van der Waals surface area contributed by atoms with Crippen LogP contribution < -0.4 is 0 Å². The summed E-state index contributed by atoms with van der Waals surface area (Å²) in [5, 5.41) is 0. The molecule has 0 aromatic rings. The van der Waals surface area contributed by atoms with E-state index in [1.807, 2.05) is 0 Å². The summed E-state index contributed by atoms with van der Waals surface area (Å²) in [5.74, 6) is 5.51. The van der Waals surface area contributed by atoms with Crippen molar-refractivity contribution in [3.63, 3.8) is 0 Å². The van der Waals surface area contributed by atoms with Gasteiger partial charge in [-0.15, -0.1) is 0 Å². The molecule has 20 heavy (non-hydrogen) atoms. The Hall–Kier alpha value is -0.593. The van der Waals surface area contributed by atoms with Gasteiger partial charge in [0.15, 0.2) is 8.32 Å². The van der Waals surface area contributed by atoms with E-state index in [0.717, 1.165) is 25.7 Å². The fourth-order valence-corrected chi connectivity index (χ4v) is 5.49. The monoisotopic (exact) mass is 296 g/mol. The van der Waals surface area contributed by atoms with Gasteiger partial charge in [0.1, 0.15) is 0 Å². The molecule has 0 aromatic carbocycles. The summed E-state index contributed by atoms with van der Waals surface area (Å²) >= 11 is 0. The molecule has 1 unspecified atom stereocenters. The van der Waals surface area contributed by atoms with Crippen molar-refractivity contribution in [1.82, 2.24) is 0 Å². The van der Waals surface area contributed by atoms with E-state index in [2.05, 4.69) is 39.5 Å². The molecule has 0 radical (unpaired) electrons. The summed E-state index contributed by atoms with van der Waals surface area (Å²) in [6.07, 6.45) is 5.63. The second-order valence-corrected chi connectivity index (χ2v) is 10.2. The van der Waals surface area contributed by atoms with Gasteiger partial charge >= 0.3 is 0 Å². The Bertz CT molecular complexity index is 315. The first-order valence-electron chi connectivity index (χ1n) is 8.20. The SMILES string of the molecule is CCCC(CCCC#CC(C)=O)O[Si](CC)(CC)CC. The van der Waals surface area contributed by atoms with Crippen molar-refractivity contribution in [2.45, 2.75) is 91.0 Å². The average Bonchev–Trinajstić information content (AvgIpc) is 2.44. The Balaban J connectivity index is 4.35. The highest BCUT2D eigenvalue weighted by atomic mass is 28.4. The van der Waals surface area contributed by atoms with Crippen LogP contribution in [0.3, 0.4) is 0 Å². The highest BCUT2D eigenvalue weighted by Gasteiger charge is 2.31. The second kappa shape index (κ2) is 11.1. The van der Waals surface area contributed by atoms with Gasteiger partial charge in [0.2, 0.25) is 5.78 Å². The number of rotatable bonds is 10. The van der Waals surface area contributed by atoms with Crippen LogP contribution >= 0.6 is 0 Å². The van der Waals surface area contributed by atoms with Crippen LogP contribution in [-0.4, -0.2) is 20.2 Å². The van der Waals surface area contributed by atoms with E-state index in [4.69, 9.17) is 4.43 Å². The fraction of sp³-hybridized carbons (Fsp3) is 0.824. The fourth-order valence-electron chi connectivity index (χ4n) is 2.54. The van der Waals surface area contributed by atoms with Crippen LogP contribution in [0.5, 0.6) is 0 Å². The second-order valence-electron chi connectivity index (χ2n) is 5.52. The van der Waals surface area contributed by atoms with Gasteiger partial charge in [0, 0.05) is 19.4 Å². The molecular weight excluding hydrogens is 264 g/mol. The first-order chi connectivity index (χ1) is 9.53. The van der Waals surface area contributed by atoms with Crippen LogP contribution in [0.2, 0.25) is 18.1 Å². The lowest BCUT2D eigenvalue weighted by Gasteiger charge is -2.33. The van der Waals surface area contributed by atoms with E-state index >= 15 is 0 Å². The van der Waals surface area contributed by atoms with E-state index in [-0.39, 0.29) is 5.78 Å². The molecule has 0 fully saturated rings. The van der Waals surface area contributed by atoms with E-state index in [9.17, 15) is 4.79 Å². The molecular formula is C17H32O2Si. The standard InChI is InChI=1S/C17H32O2Si/c1-6-13-17(15-12-10-11-14-16(5)18)19-20(7-2,8-3)9-4/h17H,6-10,12-13,15H2,1-5H3. The van der Waals surface area contributed by atoms with Crippen molar-refractivity contribution < 1.29 is 9.22 Å². The van der Waals surface area contributed by atoms with Crippen molar-refractivity contribution in [3.05, 3.63) is 0 Å². The molecule has 0 heterocycles. The van der Waals surface area contributed by atoms with Crippen LogP contribution in [0.1, 0.15) is 66.7 Å². The van der Waals surface area contributed by atoms with Gasteiger partial charge < -0.3 is 4.43 Å². The summed E-state index contributed by atoms with van der Waals surface area (Å²) < 4.78 is 6.58. The van der Waals surface area contributed by atoms with E-state index < -0.39 is 8.32 Å². The summed E-state index contributed by atoms with van der Waals surface area (Å²) in [7, 11) is -1.49. The Morgan fingerprint density at radius 1 is 1.10 bits per heavy atom. The zero-order valence-electron chi connectivity index (χ0n) is 14.1. The number of carbonyl (C=O) groups excluding carboxylic acids is 1. The third kappa shape index (κ3) is 7.87. The molecule has 2 nitrogen and oxygen atoms in total. The van der Waals surface area contributed by atoms with Crippen LogP contribution in [0, 0.1) is 11.8 Å². The van der Waals surface area contributed by atoms with Crippen LogP contribution in [0.4, 0.5) is 0 Å². The zero-order valence-corrected chi connectivity index (χ0v) is 15.1. The molecule has 3 heteroatoms. The molecule has 116 valence electrons. The van der Waals surface area contributed by atoms with Gasteiger partial charge in [-0.2, -0.15) is 0 Å². The molecule has 0 N–H and O–H groups in total. The first-order valence-corrected chi connectivity index (χ1v) is 10.7. The van der Waals surface area contributed by atoms with Crippen LogP contribution in [0.15, 0.2) is 0 Å². The highest BCUT2D eigenvalue weighted by molar-refractivity contribution is 6.73. The molecule has 0 saturated heterocycles. The average molecular weight is 297 g/mol. The van der Waals surface area contributed by atoms with Crippen LogP contribution in [0.25, 0.3) is 0 Å². The maximum absolute atomic E-state index is 10.8. The summed E-state index contributed by atoms with van der Waals surface area (Å²) in [4.78, 5) is 10.8. The minimum atomic E-state index is -1.49. The van der Waals surface area contributed by atoms with Crippen molar-refractivity contribution >= 4 is 14.1 Å². The summed E-state index contributed by atoms with van der Waals surface area (Å²) in [6.45, 7) is 10.6. The normalized spacial score (nSPS) is 12.7. The van der Waals surface area contributed by atoms with Crippen molar-refractivity contribution in [2.75, 3.05) is 0 Å². The molecule has 0 aromatic heterocycles. The van der Waals surface area contributed by atoms with E-state index in [0.29, 0.717) is 6.10 Å². The van der Waals surface area contributed by atoms with Crippen molar-refractivity contribution in [3.8, 4) is 11.8 Å². The molecule has 0 rings (SSSR count). The molecule has 0 aliphatic heterocycles. The predicted octanol–water partition coefficient (Wildman–Crippen LogP) is 4.94. The Morgan fingerprint density at radius 3 is 2.15 bits per heavy atom. The minimum Gasteiger partial charge on any atom is -0.414 e. The lowest BCUT2D eigenvalue weighted by Crippen LogP contribution is -2.39. The predicted molar refractivity (Wildman–Crippen MR) is 89.3 cm³/mol. The number of ketones is 1. The van der Waals surface area contributed by atoms with Gasteiger partial charge in [-0.3, -0.25) is 4.79 Å². The summed E-state index contributed by atoms with van der Waals surface area (Å²) in [6, 6.07) is 3.64. The van der Waals surface area contributed by atoms with Crippen LogP contribution in [-0.2, 0) is 9.22 Å². The largest absolute Gasteiger partial charge is 0.414 e. The van der Waals surface area contributed by atoms with Gasteiger partial charge in [0.05, 0.1) is 0 Å². The summed E-state index contributed by atoms with van der Waals surface area (Å²) in [5.41, 5.74) is 0. The first kappa shape index (κ1) is 19.4. The number of hydrogen-bond acceptors (Lipinski definition) is 2. The Morgan fingerprint density at radius 2 is 1.70 bits per heavy atom. The molecule has 0 saturated carbocycles. The van der Waals surface area contributed by atoms with Crippen molar-refractivity contribution in [1.29, 1.82) is 0 Å². The zero-order chi connectivity index (χ0) is 15.4. The Labute approximate surface area is 126 Å². The Kier molecular flexibility index (Phi) is 10.8. The van der Waals surface area contributed by atoms with Gasteiger partial charge in [-0.25, -0.2) is 0 Å². The topological polar surface area (TPSA) is 26.3 Å². The van der Waals surface area contributed by atoms with Gasteiger partial charge in [0.25, 0.3) is 0 Å².